The zero-order chi connectivity index (χ0) is 16.0. The van der Waals surface area contributed by atoms with Gasteiger partial charge in [-0.05, 0) is 47.7 Å². The molecule has 4 rings (SSSR count). The first-order chi connectivity index (χ1) is 11.2. The summed E-state index contributed by atoms with van der Waals surface area (Å²) in [6, 6.07) is 15.1. The Balaban J connectivity index is 2.04. The van der Waals surface area contributed by atoms with Gasteiger partial charge in [-0.25, -0.2) is 4.39 Å². The van der Waals surface area contributed by atoms with Crippen LogP contribution in [0.3, 0.4) is 0 Å². The van der Waals surface area contributed by atoms with Crippen LogP contribution in [-0.4, -0.2) is 9.81 Å². The molecule has 1 aliphatic carbocycles. The van der Waals surface area contributed by atoms with Crippen molar-refractivity contribution in [1.82, 2.24) is 4.98 Å². The smallest absolute Gasteiger partial charge is 0.123 e. The van der Waals surface area contributed by atoms with Crippen LogP contribution in [0.4, 0.5) is 4.39 Å². The molecule has 3 heteroatoms. The first-order valence-electron chi connectivity index (χ1n) is 8.00. The molecule has 23 heavy (non-hydrogen) atoms. The molecule has 116 valence electrons. The van der Waals surface area contributed by atoms with Crippen LogP contribution in [-0.2, 0) is 6.42 Å². The van der Waals surface area contributed by atoms with E-state index in [4.69, 9.17) is 4.98 Å². The molecule has 0 spiro atoms. The van der Waals surface area contributed by atoms with Gasteiger partial charge in [-0.2, -0.15) is 0 Å². The molecule has 1 saturated carbocycles. The van der Waals surface area contributed by atoms with E-state index in [-0.39, 0.29) is 5.82 Å². The lowest BCUT2D eigenvalue weighted by molar-refractivity contribution is 0.628. The molecule has 1 nitrogen and oxygen atoms in total. The van der Waals surface area contributed by atoms with E-state index in [1.165, 1.54) is 29.0 Å². The van der Waals surface area contributed by atoms with Crippen molar-refractivity contribution in [3.05, 3.63) is 65.6 Å². The molecule has 0 bridgehead atoms. The molecule has 1 aliphatic rings. The second-order valence-corrected chi connectivity index (χ2v) is 7.26. The number of fused-ring (bicyclic) bond motifs is 1. The molecule has 1 fully saturated rings. The fraction of sp³-hybridized carbons (Fsp3) is 0.250. The van der Waals surface area contributed by atoms with Crippen LogP contribution in [0, 0.1) is 5.82 Å². The Hall–Kier alpha value is -1.74. The van der Waals surface area contributed by atoms with Crippen molar-refractivity contribution >= 4 is 26.8 Å². The molecule has 0 radical (unpaired) electrons. The molecule has 0 amide bonds. The summed E-state index contributed by atoms with van der Waals surface area (Å²) in [6.07, 6.45) is 2.07. The fourth-order valence-electron chi connectivity index (χ4n) is 3.33. The molecule has 3 aromatic rings. The van der Waals surface area contributed by atoms with Crippen molar-refractivity contribution in [3.8, 4) is 11.1 Å². The Bertz CT molecular complexity index is 873. The number of pyridine rings is 1. The third-order valence-corrected chi connectivity index (χ3v) is 5.59. The monoisotopic (exact) mass is 369 g/mol. The first kappa shape index (κ1) is 14.8. The first-order valence-corrected chi connectivity index (χ1v) is 8.92. The highest BCUT2D eigenvalue weighted by Gasteiger charge is 2.39. The topological polar surface area (TPSA) is 12.9 Å². The lowest BCUT2D eigenvalue weighted by atomic mass is 9.91. The van der Waals surface area contributed by atoms with Gasteiger partial charge in [0.15, 0.2) is 0 Å². The van der Waals surface area contributed by atoms with Crippen LogP contribution in [0.2, 0.25) is 0 Å². The van der Waals surface area contributed by atoms with E-state index in [9.17, 15) is 4.39 Å². The minimum absolute atomic E-state index is 0.201. The average molecular weight is 370 g/mol. The average Bonchev–Trinajstić information content (AvgIpc) is 3.30. The predicted octanol–water partition coefficient (Wildman–Crippen LogP) is 5.85. The number of hydrogen-bond acceptors (Lipinski definition) is 1. The lowest BCUT2D eigenvalue weighted by Crippen LogP contribution is -2.01. The molecular formula is C20H17BrFN. The number of rotatable bonds is 3. The molecule has 2 aromatic carbocycles. The van der Waals surface area contributed by atoms with E-state index in [0.29, 0.717) is 10.7 Å². The van der Waals surface area contributed by atoms with Gasteiger partial charge in [-0.3, -0.25) is 4.98 Å². The highest BCUT2D eigenvalue weighted by atomic mass is 79.9. The van der Waals surface area contributed by atoms with E-state index in [2.05, 4.69) is 35.0 Å². The number of halogens is 2. The Kier molecular flexibility index (Phi) is 3.68. The Morgan fingerprint density at radius 1 is 1.13 bits per heavy atom. The van der Waals surface area contributed by atoms with E-state index in [0.717, 1.165) is 29.3 Å². The maximum absolute atomic E-state index is 13.3. The SMILES string of the molecule is CCc1c(C2CC2Br)nc2ccccc2c1-c1ccc(F)cc1. The number of nitrogens with zero attached hydrogens (tertiary/aromatic N) is 1. The van der Waals surface area contributed by atoms with Crippen molar-refractivity contribution in [1.29, 1.82) is 0 Å². The van der Waals surface area contributed by atoms with Gasteiger partial charge in [-0.15, -0.1) is 0 Å². The van der Waals surface area contributed by atoms with Crippen LogP contribution in [0.25, 0.3) is 22.0 Å². The Morgan fingerprint density at radius 2 is 1.83 bits per heavy atom. The summed E-state index contributed by atoms with van der Waals surface area (Å²) in [5, 5.41) is 1.14. The minimum atomic E-state index is -0.201. The zero-order valence-corrected chi connectivity index (χ0v) is 14.5. The van der Waals surface area contributed by atoms with Crippen LogP contribution in [0.1, 0.15) is 30.5 Å². The van der Waals surface area contributed by atoms with Gasteiger partial charge in [0.05, 0.1) is 5.52 Å². The van der Waals surface area contributed by atoms with Gasteiger partial charge in [0, 0.05) is 21.8 Å². The minimum Gasteiger partial charge on any atom is -0.252 e. The van der Waals surface area contributed by atoms with Crippen LogP contribution in [0.5, 0.6) is 0 Å². The van der Waals surface area contributed by atoms with Crippen molar-refractivity contribution in [3.63, 3.8) is 0 Å². The molecule has 1 heterocycles. The van der Waals surface area contributed by atoms with E-state index in [1.807, 2.05) is 24.3 Å². The third kappa shape index (κ3) is 2.57. The number of hydrogen-bond donors (Lipinski definition) is 0. The lowest BCUT2D eigenvalue weighted by Gasteiger charge is -2.16. The zero-order valence-electron chi connectivity index (χ0n) is 12.9. The van der Waals surface area contributed by atoms with Gasteiger partial charge in [0.2, 0.25) is 0 Å². The quantitative estimate of drug-likeness (QED) is 0.527. The summed E-state index contributed by atoms with van der Waals surface area (Å²) in [5.74, 6) is 0.293. The van der Waals surface area contributed by atoms with Gasteiger partial charge >= 0.3 is 0 Å². The number of benzene rings is 2. The summed E-state index contributed by atoms with van der Waals surface area (Å²) < 4.78 is 13.3. The van der Waals surface area contributed by atoms with E-state index in [1.54, 1.807) is 0 Å². The molecule has 1 aromatic heterocycles. The molecule has 2 unspecified atom stereocenters. The van der Waals surface area contributed by atoms with Crippen molar-refractivity contribution in [2.75, 3.05) is 0 Å². The largest absolute Gasteiger partial charge is 0.252 e. The Morgan fingerprint density at radius 3 is 2.48 bits per heavy atom. The van der Waals surface area contributed by atoms with Gasteiger partial charge in [0.25, 0.3) is 0 Å². The normalized spacial score (nSPS) is 20.0. The molecule has 0 aliphatic heterocycles. The van der Waals surface area contributed by atoms with Gasteiger partial charge in [-0.1, -0.05) is 53.2 Å². The van der Waals surface area contributed by atoms with Crippen molar-refractivity contribution in [2.24, 2.45) is 0 Å². The number of alkyl halides is 1. The summed E-state index contributed by atoms with van der Waals surface area (Å²) in [5.41, 5.74) is 5.79. The highest BCUT2D eigenvalue weighted by molar-refractivity contribution is 9.09. The summed E-state index contributed by atoms with van der Waals surface area (Å²) in [6.45, 7) is 2.17. The maximum Gasteiger partial charge on any atom is 0.123 e. The standard InChI is InChI=1S/C20H17BrFN/c1-2-14-19(12-7-9-13(22)10-8-12)15-5-3-4-6-18(15)23-20(14)16-11-17(16)21/h3-10,16-17H,2,11H2,1H3. The van der Waals surface area contributed by atoms with Crippen LogP contribution in [0.15, 0.2) is 48.5 Å². The van der Waals surface area contributed by atoms with Crippen molar-refractivity contribution < 1.29 is 4.39 Å². The van der Waals surface area contributed by atoms with Gasteiger partial charge < -0.3 is 0 Å². The number of aromatic nitrogens is 1. The summed E-state index contributed by atoms with van der Waals surface area (Å²) in [7, 11) is 0. The molecule has 0 N–H and O–H groups in total. The van der Waals surface area contributed by atoms with E-state index >= 15 is 0 Å². The fourth-order valence-corrected chi connectivity index (χ4v) is 3.98. The maximum atomic E-state index is 13.3. The molecular weight excluding hydrogens is 353 g/mol. The Labute approximate surface area is 143 Å². The summed E-state index contributed by atoms with van der Waals surface area (Å²) >= 11 is 3.71. The van der Waals surface area contributed by atoms with Gasteiger partial charge in [0.1, 0.15) is 5.82 Å². The van der Waals surface area contributed by atoms with Crippen LogP contribution < -0.4 is 0 Å². The summed E-state index contributed by atoms with van der Waals surface area (Å²) in [4.78, 5) is 5.49. The highest BCUT2D eigenvalue weighted by Crippen LogP contribution is 2.49. The molecule has 2 atom stereocenters. The third-order valence-electron chi connectivity index (χ3n) is 4.58. The second-order valence-electron chi connectivity index (χ2n) is 6.09. The van der Waals surface area contributed by atoms with E-state index < -0.39 is 0 Å². The van der Waals surface area contributed by atoms with Crippen LogP contribution >= 0.6 is 15.9 Å². The van der Waals surface area contributed by atoms with Crippen molar-refractivity contribution in [2.45, 2.75) is 30.5 Å². The molecule has 0 saturated heterocycles. The second kappa shape index (κ2) is 5.72. The number of para-hydroxylation sites is 1. The predicted molar refractivity (Wildman–Crippen MR) is 96.6 cm³/mol.